The topological polar surface area (TPSA) is 59.8 Å². The van der Waals surface area contributed by atoms with Gasteiger partial charge in [0.2, 0.25) is 0 Å². The summed E-state index contributed by atoms with van der Waals surface area (Å²) in [6, 6.07) is 31.6. The summed E-state index contributed by atoms with van der Waals surface area (Å²) in [6.45, 7) is 10.1. The van der Waals surface area contributed by atoms with E-state index in [4.69, 9.17) is 10.2 Å². The Balaban J connectivity index is 0.000000221. The summed E-state index contributed by atoms with van der Waals surface area (Å²) in [5.74, 6) is 0.690. The fraction of sp³-hybridized carbons (Fsp3) is 0.368. The van der Waals surface area contributed by atoms with Gasteiger partial charge in [0.1, 0.15) is 0 Å². The molecule has 2 atom stereocenters. The first-order valence-electron chi connectivity index (χ1n) is 15.3. The van der Waals surface area contributed by atoms with E-state index < -0.39 is 0 Å². The summed E-state index contributed by atoms with van der Waals surface area (Å²) in [4.78, 5) is 8.68. The number of hydrogen-bond donors (Lipinski definition) is 2. The van der Waals surface area contributed by atoms with E-state index in [-0.39, 0.29) is 32.3 Å². The van der Waals surface area contributed by atoms with Crippen LogP contribution in [0.5, 0.6) is 0 Å². The largest absolute Gasteiger partial charge is 3.00 e. The maximum atomic E-state index is 8.56. The Kier molecular flexibility index (Phi) is 13.6. The number of aliphatic hydroxyl groups is 2. The Labute approximate surface area is 278 Å². The average molecular weight is 769 g/mol. The smallest absolute Gasteiger partial charge is 0.510 e. The Hall–Kier alpha value is -3.02. The van der Waals surface area contributed by atoms with E-state index in [1.807, 2.05) is 78.5 Å². The van der Waals surface area contributed by atoms with Gasteiger partial charge in [-0.25, -0.2) is 0 Å². The van der Waals surface area contributed by atoms with Gasteiger partial charge in [-0.2, -0.15) is 37.0 Å². The van der Waals surface area contributed by atoms with E-state index >= 15 is 0 Å². The second-order valence-electron chi connectivity index (χ2n) is 12.5. The molecule has 1 aliphatic carbocycles. The zero-order valence-corrected chi connectivity index (χ0v) is 29.0. The molecule has 1 aromatic heterocycles. The van der Waals surface area contributed by atoms with Crippen molar-refractivity contribution in [3.63, 3.8) is 0 Å². The second kappa shape index (κ2) is 16.9. The van der Waals surface area contributed by atoms with Gasteiger partial charge < -0.3 is 25.0 Å². The van der Waals surface area contributed by atoms with Crippen molar-refractivity contribution < 1.29 is 30.3 Å². The van der Waals surface area contributed by atoms with Crippen LogP contribution in [0.25, 0.3) is 22.0 Å². The molecular weight excluding hydrogens is 723 g/mol. The van der Waals surface area contributed by atoms with Crippen molar-refractivity contribution in [2.24, 2.45) is 5.41 Å². The minimum Gasteiger partial charge on any atom is -0.510 e. The third-order valence-corrected chi connectivity index (χ3v) is 7.99. The van der Waals surface area contributed by atoms with Crippen LogP contribution in [-0.2, 0) is 20.1 Å². The normalized spacial score (nSPS) is 17.1. The molecule has 234 valence electrons. The summed E-state index contributed by atoms with van der Waals surface area (Å²) in [7, 11) is 2.00. The molecule has 2 aliphatic rings. The molecule has 0 bridgehead atoms. The van der Waals surface area contributed by atoms with E-state index in [0.717, 1.165) is 16.9 Å². The first-order valence-corrected chi connectivity index (χ1v) is 15.3. The van der Waals surface area contributed by atoms with Crippen LogP contribution in [0.2, 0.25) is 0 Å². The summed E-state index contributed by atoms with van der Waals surface area (Å²) in [5, 5.41) is 19.6. The number of fused-ring (bicyclic) bond motifs is 1. The van der Waals surface area contributed by atoms with Crippen LogP contribution >= 0.6 is 0 Å². The number of nitrogens with zero attached hydrogens (tertiary/aromatic N) is 3. The number of benzene rings is 3. The molecular formula is C38H46IrN3O2. The number of hydrogen-bond acceptors (Lipinski definition) is 5. The molecule has 6 rings (SSSR count). The summed E-state index contributed by atoms with van der Waals surface area (Å²) >= 11 is 0. The number of pyridine rings is 1. The van der Waals surface area contributed by atoms with Crippen molar-refractivity contribution in [1.82, 2.24) is 9.88 Å². The number of para-hydroxylation sites is 1. The van der Waals surface area contributed by atoms with E-state index in [0.29, 0.717) is 17.8 Å². The van der Waals surface area contributed by atoms with Crippen molar-refractivity contribution in [1.29, 1.82) is 0 Å². The number of aliphatic hydroxyl groups excluding tert-OH is 2. The van der Waals surface area contributed by atoms with Crippen LogP contribution in [0.15, 0.2) is 91.4 Å². The molecule has 0 amide bonds. The van der Waals surface area contributed by atoms with Crippen LogP contribution in [0.3, 0.4) is 0 Å². The first kappa shape index (κ1) is 35.5. The second-order valence-corrected chi connectivity index (χ2v) is 12.5. The third kappa shape index (κ3) is 10.6. The zero-order chi connectivity index (χ0) is 30.8. The molecule has 3 aromatic carbocycles. The minimum atomic E-state index is -0.375. The Morgan fingerprint density at radius 1 is 0.932 bits per heavy atom. The van der Waals surface area contributed by atoms with Gasteiger partial charge in [-0.05, 0) is 105 Å². The molecule has 4 aromatic rings. The summed E-state index contributed by atoms with van der Waals surface area (Å²) in [6.07, 6.45) is 10.9. The Morgan fingerprint density at radius 2 is 1.61 bits per heavy atom. The van der Waals surface area contributed by atoms with Gasteiger partial charge in [0.25, 0.3) is 0 Å². The zero-order valence-electron chi connectivity index (χ0n) is 26.6. The summed E-state index contributed by atoms with van der Waals surface area (Å²) in [5.41, 5.74) is 5.18. The molecule has 0 radical (unpaired) electrons. The maximum absolute atomic E-state index is 8.56. The Morgan fingerprint density at radius 3 is 2.16 bits per heavy atom. The molecule has 2 N–H and O–H groups in total. The molecule has 1 aliphatic heterocycles. The first-order chi connectivity index (χ1) is 20.6. The fourth-order valence-corrected chi connectivity index (χ4v) is 5.56. The van der Waals surface area contributed by atoms with Gasteiger partial charge in [0, 0.05) is 6.20 Å². The molecule has 2 unspecified atom stereocenters. The van der Waals surface area contributed by atoms with Gasteiger partial charge in [0.05, 0.1) is 12.2 Å². The van der Waals surface area contributed by atoms with Crippen molar-refractivity contribution in [2.45, 2.75) is 77.9 Å². The van der Waals surface area contributed by atoms with Crippen molar-refractivity contribution in [3.8, 4) is 11.3 Å². The van der Waals surface area contributed by atoms with E-state index in [1.165, 1.54) is 42.0 Å². The Bertz CT molecular complexity index is 1420. The minimum absolute atomic E-state index is 0. The van der Waals surface area contributed by atoms with E-state index in [1.54, 1.807) is 13.8 Å². The standard InChI is InChI=1S/C23H24N.C10H10N2.C5H12O2.Ir/c1-23(2)13-10-17(11-14-23)20-9-8-18-12-15-24-22(21(18)16-20)19-6-4-3-5-7-19;1-11-7-8-12(9-11)10-5-3-2-4-6-10;1-4(6)3-5(2)7;/h3-6,8-9,12,15-17H,10-11,13-14H2,1-2H3;2-5,7-9H,1H3;4-7H,3H2,1-2H3;/q-1;-2;;+3. The number of rotatable bonds is 5. The van der Waals surface area contributed by atoms with Crippen LogP contribution < -0.4 is 4.90 Å². The number of anilines is 1. The van der Waals surface area contributed by atoms with Crippen molar-refractivity contribution in [3.05, 3.63) is 116 Å². The molecule has 1 saturated carbocycles. The molecule has 6 heteroatoms. The predicted molar refractivity (Wildman–Crippen MR) is 178 cm³/mol. The van der Waals surface area contributed by atoms with Gasteiger partial charge in [-0.3, -0.25) is 0 Å². The molecule has 1 fully saturated rings. The molecule has 0 spiro atoms. The van der Waals surface area contributed by atoms with Gasteiger partial charge in [-0.15, -0.1) is 41.6 Å². The molecule has 0 saturated heterocycles. The predicted octanol–water partition coefficient (Wildman–Crippen LogP) is 8.35. The van der Waals surface area contributed by atoms with Gasteiger partial charge >= 0.3 is 20.1 Å². The molecule has 44 heavy (non-hydrogen) atoms. The monoisotopic (exact) mass is 769 g/mol. The van der Waals surface area contributed by atoms with E-state index in [2.05, 4.69) is 67.4 Å². The fourth-order valence-electron chi connectivity index (χ4n) is 5.56. The van der Waals surface area contributed by atoms with Crippen LogP contribution in [0, 0.1) is 24.2 Å². The summed E-state index contributed by atoms with van der Waals surface area (Å²) < 4.78 is 0. The number of aromatic nitrogens is 1. The van der Waals surface area contributed by atoms with Crippen LogP contribution in [0.4, 0.5) is 5.69 Å². The van der Waals surface area contributed by atoms with Crippen LogP contribution in [0.1, 0.15) is 71.3 Å². The molecule has 5 nitrogen and oxygen atoms in total. The molecule has 2 heterocycles. The SMILES string of the molecule is CC(O)CC(C)O.CC1(C)CCC(c2ccc3ccnc(-c4[c-]cccc4)c3c2)CC1.CN1C=CN(c2[c-]cccc2)[CH-]1.[Ir+3]. The average Bonchev–Trinajstić information content (AvgIpc) is 3.44. The third-order valence-electron chi connectivity index (χ3n) is 7.99. The van der Waals surface area contributed by atoms with Crippen molar-refractivity contribution in [2.75, 3.05) is 11.9 Å². The van der Waals surface area contributed by atoms with Crippen molar-refractivity contribution >= 4 is 16.5 Å². The quantitative estimate of drug-likeness (QED) is 0.200. The van der Waals surface area contributed by atoms with Crippen LogP contribution in [-0.4, -0.2) is 39.4 Å². The van der Waals surface area contributed by atoms with Gasteiger partial charge in [0.15, 0.2) is 0 Å². The maximum Gasteiger partial charge on any atom is 3.00 e. The van der Waals surface area contributed by atoms with E-state index in [9.17, 15) is 0 Å². The van der Waals surface area contributed by atoms with Gasteiger partial charge in [-0.1, -0.05) is 32.0 Å².